The van der Waals surface area contributed by atoms with E-state index in [1.807, 2.05) is 0 Å². The Morgan fingerprint density at radius 2 is 1.28 bits per heavy atom. The molecule has 1 rings (SSSR count). The zero-order chi connectivity index (χ0) is 22.7. The lowest BCUT2D eigenvalue weighted by atomic mass is 9.96. The van der Waals surface area contributed by atoms with Crippen molar-refractivity contribution in [1.29, 1.82) is 0 Å². The molecule has 0 aromatic carbocycles. The van der Waals surface area contributed by atoms with Crippen LogP contribution in [0.1, 0.15) is 25.7 Å². The minimum atomic E-state index is -6.79. The highest BCUT2D eigenvalue weighted by molar-refractivity contribution is 4.94. The Bertz CT molecular complexity index is 519. The minimum Gasteiger partial charge on any atom is -0.392 e. The molecule has 3 nitrogen and oxygen atoms in total. The van der Waals surface area contributed by atoms with Crippen LogP contribution in [0.4, 0.5) is 48.3 Å². The van der Waals surface area contributed by atoms with E-state index in [0.717, 1.165) is 0 Å². The number of morpholine rings is 1. The highest BCUT2D eigenvalue weighted by Gasteiger charge is 2.74. The fourth-order valence-corrected chi connectivity index (χ4v) is 2.69. The lowest BCUT2D eigenvalue weighted by Crippen LogP contribution is -2.54. The summed E-state index contributed by atoms with van der Waals surface area (Å²) in [6.07, 6.45) is -16.9. The Balaban J connectivity index is 2.61. The van der Waals surface area contributed by atoms with Gasteiger partial charge in [-0.3, -0.25) is 4.90 Å². The van der Waals surface area contributed by atoms with Gasteiger partial charge in [-0.15, -0.1) is 0 Å². The van der Waals surface area contributed by atoms with Gasteiger partial charge in [0.25, 0.3) is 11.8 Å². The van der Waals surface area contributed by atoms with Crippen LogP contribution in [-0.2, 0) is 4.74 Å². The summed E-state index contributed by atoms with van der Waals surface area (Å²) in [5, 5.41) is 9.65. The van der Waals surface area contributed by atoms with Gasteiger partial charge in [-0.1, -0.05) is 0 Å². The van der Waals surface area contributed by atoms with Crippen LogP contribution in [0.15, 0.2) is 0 Å². The number of nitrogens with zero attached hydrogens (tertiary/aromatic N) is 1. The second kappa shape index (κ2) is 9.08. The maximum absolute atomic E-state index is 13.8. The van der Waals surface area contributed by atoms with Crippen LogP contribution in [0.25, 0.3) is 0 Å². The lowest BCUT2D eigenvalue weighted by Gasteiger charge is -2.32. The first-order valence-electron chi connectivity index (χ1n) is 8.45. The molecular formula is C15H20F11NO2. The van der Waals surface area contributed by atoms with Crippen molar-refractivity contribution >= 4 is 0 Å². The molecule has 1 aliphatic rings. The molecule has 174 valence electrons. The molecule has 1 atom stereocenters. The van der Waals surface area contributed by atoms with Gasteiger partial charge in [-0.2, -0.15) is 30.7 Å². The standard InChI is InChI=1S/C15H20F11NO2/c16-11(17,7-10(28)8-27-3-5-29-6-4-27)1-2-12(18,19)9-13(20,21)14(22,23)15(24,25)26/h10,28H,1-9H2. The number of rotatable bonds is 10. The highest BCUT2D eigenvalue weighted by Crippen LogP contribution is 2.51. The summed E-state index contributed by atoms with van der Waals surface area (Å²) in [5.74, 6) is -21.8. The van der Waals surface area contributed by atoms with Crippen LogP contribution in [0.3, 0.4) is 0 Å². The fourth-order valence-electron chi connectivity index (χ4n) is 2.69. The largest absolute Gasteiger partial charge is 0.459 e. The zero-order valence-electron chi connectivity index (χ0n) is 14.9. The van der Waals surface area contributed by atoms with Crippen molar-refractivity contribution in [2.45, 2.75) is 61.7 Å². The van der Waals surface area contributed by atoms with Crippen molar-refractivity contribution in [3.8, 4) is 0 Å². The van der Waals surface area contributed by atoms with E-state index in [1.54, 1.807) is 4.90 Å². The number of aliphatic hydroxyl groups is 1. The first-order valence-corrected chi connectivity index (χ1v) is 8.45. The molecular weight excluding hydrogens is 435 g/mol. The Labute approximate surface area is 158 Å². The van der Waals surface area contributed by atoms with Crippen molar-refractivity contribution in [2.75, 3.05) is 32.8 Å². The van der Waals surface area contributed by atoms with Gasteiger partial charge in [0.15, 0.2) is 0 Å². The van der Waals surface area contributed by atoms with Crippen LogP contribution < -0.4 is 0 Å². The number of aliphatic hydroxyl groups excluding tert-OH is 1. The van der Waals surface area contributed by atoms with Crippen LogP contribution in [0.2, 0.25) is 0 Å². The summed E-state index contributed by atoms with van der Waals surface area (Å²) in [7, 11) is 0. The van der Waals surface area contributed by atoms with Crippen LogP contribution in [0.5, 0.6) is 0 Å². The lowest BCUT2D eigenvalue weighted by molar-refractivity contribution is -0.363. The van der Waals surface area contributed by atoms with Crippen molar-refractivity contribution < 1.29 is 58.1 Å². The second-order valence-electron chi connectivity index (χ2n) is 6.94. The van der Waals surface area contributed by atoms with Crippen LogP contribution >= 0.6 is 0 Å². The van der Waals surface area contributed by atoms with E-state index in [-0.39, 0.29) is 6.54 Å². The monoisotopic (exact) mass is 455 g/mol. The molecule has 1 aliphatic heterocycles. The van der Waals surface area contributed by atoms with Crippen molar-refractivity contribution in [1.82, 2.24) is 4.90 Å². The predicted molar refractivity (Wildman–Crippen MR) is 77.6 cm³/mol. The number of ether oxygens (including phenoxy) is 1. The first kappa shape index (κ1) is 26.1. The highest BCUT2D eigenvalue weighted by atomic mass is 19.4. The molecule has 0 aliphatic carbocycles. The second-order valence-corrected chi connectivity index (χ2v) is 6.94. The van der Waals surface area contributed by atoms with Gasteiger partial charge in [-0.05, 0) is 0 Å². The Hall–Kier alpha value is -0.890. The average molecular weight is 455 g/mol. The van der Waals surface area contributed by atoms with E-state index in [2.05, 4.69) is 0 Å². The van der Waals surface area contributed by atoms with E-state index >= 15 is 0 Å². The molecule has 1 N–H and O–H groups in total. The SMILES string of the molecule is OC(CN1CCOCC1)CC(F)(F)CCC(F)(F)CC(F)(F)C(F)(F)C(F)(F)F. The molecule has 0 saturated carbocycles. The van der Waals surface area contributed by atoms with Gasteiger partial charge in [-0.25, -0.2) is 17.6 Å². The summed E-state index contributed by atoms with van der Waals surface area (Å²) in [5.41, 5.74) is 0. The number of hydrogen-bond donors (Lipinski definition) is 1. The summed E-state index contributed by atoms with van der Waals surface area (Å²) in [6, 6.07) is 0. The minimum absolute atomic E-state index is 0.231. The third-order valence-electron chi connectivity index (χ3n) is 4.26. The van der Waals surface area contributed by atoms with Gasteiger partial charge >= 0.3 is 18.0 Å². The molecule has 1 heterocycles. The summed E-state index contributed by atoms with van der Waals surface area (Å²) in [4.78, 5) is 1.57. The number of β-amino-alcohol motifs (C(OH)–C–C–N with tert-alkyl or cyclic N) is 1. The number of alkyl halides is 11. The van der Waals surface area contributed by atoms with Gasteiger partial charge in [0.05, 0.1) is 25.7 Å². The first-order chi connectivity index (χ1) is 12.9. The molecule has 0 aromatic heterocycles. The maximum atomic E-state index is 13.8. The number of halogens is 11. The quantitative estimate of drug-likeness (QED) is 0.498. The van der Waals surface area contributed by atoms with E-state index in [4.69, 9.17) is 4.74 Å². The van der Waals surface area contributed by atoms with Gasteiger partial charge in [0, 0.05) is 38.9 Å². The van der Waals surface area contributed by atoms with Crippen molar-refractivity contribution in [3.63, 3.8) is 0 Å². The molecule has 1 saturated heterocycles. The summed E-state index contributed by atoms with van der Waals surface area (Å²) < 4.78 is 147. The smallest absolute Gasteiger partial charge is 0.392 e. The summed E-state index contributed by atoms with van der Waals surface area (Å²) >= 11 is 0. The van der Waals surface area contributed by atoms with E-state index in [9.17, 15) is 53.4 Å². The molecule has 0 bridgehead atoms. The molecule has 0 spiro atoms. The molecule has 0 amide bonds. The molecule has 1 fully saturated rings. The maximum Gasteiger partial charge on any atom is 0.459 e. The van der Waals surface area contributed by atoms with E-state index in [0.29, 0.717) is 26.3 Å². The Kier molecular flexibility index (Phi) is 8.19. The molecule has 0 radical (unpaired) electrons. The zero-order valence-corrected chi connectivity index (χ0v) is 14.9. The summed E-state index contributed by atoms with van der Waals surface area (Å²) in [6.45, 7) is 1.04. The van der Waals surface area contributed by atoms with Crippen molar-refractivity contribution in [2.24, 2.45) is 0 Å². The Morgan fingerprint density at radius 1 is 0.793 bits per heavy atom. The van der Waals surface area contributed by atoms with Crippen LogP contribution in [0, 0.1) is 0 Å². The molecule has 1 unspecified atom stereocenters. The molecule has 14 heteroatoms. The van der Waals surface area contributed by atoms with Gasteiger partial charge in [0.2, 0.25) is 0 Å². The van der Waals surface area contributed by atoms with Gasteiger partial charge in [0.1, 0.15) is 0 Å². The third kappa shape index (κ3) is 7.70. The topological polar surface area (TPSA) is 32.7 Å². The average Bonchev–Trinajstić information content (AvgIpc) is 2.51. The molecule has 0 aromatic rings. The predicted octanol–water partition coefficient (Wildman–Crippen LogP) is 4.34. The Morgan fingerprint density at radius 3 is 1.76 bits per heavy atom. The fraction of sp³-hybridized carbons (Fsp3) is 1.00. The normalized spacial score (nSPS) is 19.4. The van der Waals surface area contributed by atoms with E-state index < -0.39 is 61.7 Å². The van der Waals surface area contributed by atoms with Crippen LogP contribution in [-0.4, -0.2) is 78.8 Å². The van der Waals surface area contributed by atoms with E-state index in [1.165, 1.54) is 0 Å². The van der Waals surface area contributed by atoms with Gasteiger partial charge < -0.3 is 9.84 Å². The number of hydrogen-bond acceptors (Lipinski definition) is 3. The molecule has 29 heavy (non-hydrogen) atoms. The van der Waals surface area contributed by atoms with Crippen molar-refractivity contribution in [3.05, 3.63) is 0 Å². The third-order valence-corrected chi connectivity index (χ3v) is 4.26.